The molecule has 140 valence electrons. The second-order valence-electron chi connectivity index (χ2n) is 5.89. The largest absolute Gasteiger partial charge is 0.387 e. The van der Waals surface area contributed by atoms with Gasteiger partial charge in [0, 0.05) is 37.1 Å². The molecule has 0 radical (unpaired) electrons. The zero-order chi connectivity index (χ0) is 19.3. The van der Waals surface area contributed by atoms with Gasteiger partial charge in [-0.25, -0.2) is 18.8 Å². The molecule has 1 heterocycles. The first-order valence-electron chi connectivity index (χ1n) is 8.05. The van der Waals surface area contributed by atoms with Gasteiger partial charge in [-0.05, 0) is 19.8 Å². The topological polar surface area (TPSA) is 104 Å². The minimum Gasteiger partial charge on any atom is -0.387 e. The van der Waals surface area contributed by atoms with E-state index in [1.54, 1.807) is 13.1 Å². The molecular weight excluding hydrogens is 342 g/mol. The lowest BCUT2D eigenvalue weighted by Crippen LogP contribution is -2.26. The Bertz CT molecular complexity index is 756. The lowest BCUT2D eigenvalue weighted by molar-refractivity contribution is 0.0951. The smallest absolute Gasteiger partial charge is 0.276 e. The van der Waals surface area contributed by atoms with Crippen molar-refractivity contribution in [1.29, 1.82) is 0 Å². The van der Waals surface area contributed by atoms with Crippen molar-refractivity contribution in [3.8, 4) is 0 Å². The maximum Gasteiger partial charge on any atom is 0.276 e. The Balaban J connectivity index is 2.08. The van der Waals surface area contributed by atoms with Crippen LogP contribution in [0.3, 0.4) is 0 Å². The minimum atomic E-state index is -2.67. The van der Waals surface area contributed by atoms with Crippen molar-refractivity contribution >= 4 is 23.1 Å². The van der Waals surface area contributed by atoms with Crippen LogP contribution in [-0.4, -0.2) is 36.1 Å². The zero-order valence-electron chi connectivity index (χ0n) is 14.6. The molecule has 0 aliphatic heterocycles. The predicted molar refractivity (Wildman–Crippen MR) is 98.4 cm³/mol. The molecule has 1 aromatic heterocycles. The molecule has 1 aromatic rings. The van der Waals surface area contributed by atoms with Crippen LogP contribution in [0.5, 0.6) is 0 Å². The highest BCUT2D eigenvalue weighted by molar-refractivity contribution is 6.00. The number of amides is 1. The van der Waals surface area contributed by atoms with Gasteiger partial charge in [-0.15, -0.1) is 0 Å². The highest BCUT2D eigenvalue weighted by atomic mass is 19.3. The number of nitrogens with one attached hydrogen (secondary N) is 3. The van der Waals surface area contributed by atoms with E-state index in [9.17, 15) is 13.6 Å². The van der Waals surface area contributed by atoms with E-state index in [2.05, 4.69) is 32.5 Å². The number of nitrogens with zero attached hydrogens (tertiary/aromatic N) is 2. The fourth-order valence-corrected chi connectivity index (χ4v) is 2.07. The van der Waals surface area contributed by atoms with Crippen LogP contribution in [0, 0.1) is 0 Å². The maximum atomic E-state index is 12.4. The number of aromatic nitrogens is 1. The summed E-state index contributed by atoms with van der Waals surface area (Å²) >= 11 is 0. The van der Waals surface area contributed by atoms with Crippen LogP contribution in [0.4, 0.5) is 20.3 Å². The highest BCUT2D eigenvalue weighted by Gasteiger charge is 2.25. The molecule has 26 heavy (non-hydrogen) atoms. The molecule has 5 N–H and O–H groups in total. The third kappa shape index (κ3) is 5.54. The molecule has 0 unspecified atom stereocenters. The van der Waals surface area contributed by atoms with E-state index >= 15 is 0 Å². The number of hydrogen-bond donors (Lipinski definition) is 4. The second kappa shape index (κ2) is 8.41. The van der Waals surface area contributed by atoms with Crippen LogP contribution < -0.4 is 21.7 Å². The Morgan fingerprint density at radius 2 is 2.19 bits per heavy atom. The van der Waals surface area contributed by atoms with Gasteiger partial charge in [0.1, 0.15) is 11.6 Å². The normalized spacial score (nSPS) is 15.0. The van der Waals surface area contributed by atoms with Crippen molar-refractivity contribution in [2.24, 2.45) is 10.7 Å². The number of hydrogen-bond acceptors (Lipinski definition) is 6. The Morgan fingerprint density at radius 3 is 2.77 bits per heavy atom. The van der Waals surface area contributed by atoms with E-state index in [1.807, 2.05) is 0 Å². The Kier molecular flexibility index (Phi) is 6.26. The van der Waals surface area contributed by atoms with E-state index in [4.69, 9.17) is 5.73 Å². The van der Waals surface area contributed by atoms with Gasteiger partial charge in [0.05, 0.1) is 17.0 Å². The quantitative estimate of drug-likeness (QED) is 0.419. The summed E-state index contributed by atoms with van der Waals surface area (Å²) in [7, 11) is 1.70. The van der Waals surface area contributed by atoms with E-state index in [0.717, 1.165) is 12.8 Å². The molecule has 0 aromatic carbocycles. The summed E-state index contributed by atoms with van der Waals surface area (Å²) in [4.78, 5) is 19.9. The minimum absolute atomic E-state index is 0.102. The lowest BCUT2D eigenvalue weighted by atomic mass is 10.2. The van der Waals surface area contributed by atoms with Crippen molar-refractivity contribution in [2.45, 2.75) is 32.2 Å². The Hall–Kier alpha value is -2.97. The second-order valence-corrected chi connectivity index (χ2v) is 5.89. The highest BCUT2D eigenvalue weighted by Crippen LogP contribution is 2.23. The van der Waals surface area contributed by atoms with Gasteiger partial charge in [0.2, 0.25) is 0 Å². The number of halogens is 2. The molecule has 7 nitrogen and oxygen atoms in total. The molecule has 0 atom stereocenters. The molecule has 2 rings (SSSR count). The summed E-state index contributed by atoms with van der Waals surface area (Å²) in [6, 6.07) is 1.89. The van der Waals surface area contributed by atoms with Crippen LogP contribution in [0.2, 0.25) is 0 Å². The van der Waals surface area contributed by atoms with E-state index in [-0.39, 0.29) is 23.5 Å². The van der Waals surface area contributed by atoms with Crippen LogP contribution in [0.1, 0.15) is 30.1 Å². The molecule has 0 saturated heterocycles. The lowest BCUT2D eigenvalue weighted by Gasteiger charge is -2.12. The first-order chi connectivity index (χ1) is 12.3. The average molecular weight is 364 g/mol. The molecule has 1 amide bonds. The van der Waals surface area contributed by atoms with Crippen LogP contribution in [-0.2, 0) is 0 Å². The van der Waals surface area contributed by atoms with Gasteiger partial charge in [-0.2, -0.15) is 0 Å². The summed E-state index contributed by atoms with van der Waals surface area (Å²) in [5.41, 5.74) is 6.56. The summed E-state index contributed by atoms with van der Waals surface area (Å²) in [6.45, 7) is 4.93. The van der Waals surface area contributed by atoms with E-state index in [1.165, 1.54) is 19.2 Å². The monoisotopic (exact) mass is 364 g/mol. The standard InChI is InChI=1S/C17H22F2N6O/c1-9(6-14(20)24-10(2)16(18)19)23-15-7-13(21-3)12(8-22-15)17(26)25-11-4-5-11/h6-8,11,16H,1,4-5,20H2,2-3H3,(H,25,26)(H2,21,22,23)/b14-6-,24-10+. The number of alkyl halides is 2. The molecule has 0 spiro atoms. The Labute approximate surface area is 150 Å². The summed E-state index contributed by atoms with van der Waals surface area (Å²) in [5, 5.41) is 8.73. The van der Waals surface area contributed by atoms with Crippen molar-refractivity contribution < 1.29 is 13.6 Å². The fourth-order valence-electron chi connectivity index (χ4n) is 2.07. The zero-order valence-corrected chi connectivity index (χ0v) is 14.6. The molecule has 1 aliphatic rings. The molecule has 9 heteroatoms. The number of carbonyl (C=O) groups is 1. The van der Waals surface area contributed by atoms with Crippen LogP contribution in [0.25, 0.3) is 0 Å². The average Bonchev–Trinajstić information content (AvgIpc) is 3.37. The Morgan fingerprint density at radius 1 is 1.50 bits per heavy atom. The van der Waals surface area contributed by atoms with Gasteiger partial charge >= 0.3 is 0 Å². The fraction of sp³-hybridized carbons (Fsp3) is 0.353. The van der Waals surface area contributed by atoms with E-state index < -0.39 is 6.43 Å². The number of nitrogens with two attached hydrogens (primary N) is 1. The molecular formula is C17H22F2N6O. The number of allylic oxidation sites excluding steroid dienone is 1. The SMILES string of the molecule is C=C(/C=C(N)\N=C(/C)C(F)F)Nc1cc(NC)c(C(=O)NC2CC2)cn1. The van der Waals surface area contributed by atoms with Crippen molar-refractivity contribution in [3.05, 3.63) is 42.0 Å². The maximum absolute atomic E-state index is 12.4. The molecule has 0 bridgehead atoms. The summed E-state index contributed by atoms with van der Waals surface area (Å²) < 4.78 is 24.9. The van der Waals surface area contributed by atoms with Crippen molar-refractivity contribution in [2.75, 3.05) is 17.7 Å². The summed E-state index contributed by atoms with van der Waals surface area (Å²) in [6.07, 6.45) is 2.09. The number of anilines is 2. The molecule has 1 aliphatic carbocycles. The predicted octanol–water partition coefficient (Wildman–Crippen LogP) is 2.47. The number of carbonyl (C=O) groups excluding carboxylic acids is 1. The molecule has 1 saturated carbocycles. The van der Waals surface area contributed by atoms with Crippen LogP contribution >= 0.6 is 0 Å². The van der Waals surface area contributed by atoms with Gasteiger partial charge in [-0.1, -0.05) is 6.58 Å². The molecule has 1 fully saturated rings. The van der Waals surface area contributed by atoms with Crippen molar-refractivity contribution in [1.82, 2.24) is 10.3 Å². The third-order valence-electron chi connectivity index (χ3n) is 3.56. The van der Waals surface area contributed by atoms with Gasteiger partial charge in [-0.3, -0.25) is 4.79 Å². The van der Waals surface area contributed by atoms with Gasteiger partial charge in [0.15, 0.2) is 0 Å². The first-order valence-corrected chi connectivity index (χ1v) is 8.05. The number of pyridine rings is 1. The van der Waals surface area contributed by atoms with Gasteiger partial charge in [0.25, 0.3) is 12.3 Å². The van der Waals surface area contributed by atoms with E-state index in [0.29, 0.717) is 22.8 Å². The number of aliphatic imine (C=N–C) groups is 1. The van der Waals surface area contributed by atoms with Crippen molar-refractivity contribution in [3.63, 3.8) is 0 Å². The van der Waals surface area contributed by atoms with Crippen LogP contribution in [0.15, 0.2) is 41.4 Å². The summed E-state index contributed by atoms with van der Waals surface area (Å²) in [5.74, 6) is 0.131. The first kappa shape index (κ1) is 19.4. The number of rotatable bonds is 8. The third-order valence-corrected chi connectivity index (χ3v) is 3.56. The van der Waals surface area contributed by atoms with Gasteiger partial charge < -0.3 is 21.7 Å².